The number of hydrazine groups is 1. The molecule has 10 nitrogen and oxygen atoms in total. The van der Waals surface area contributed by atoms with E-state index in [1.807, 2.05) is 6.07 Å². The predicted molar refractivity (Wildman–Crippen MR) is 176 cm³/mol. The number of rotatable bonds is 14. The van der Waals surface area contributed by atoms with Gasteiger partial charge in [-0.05, 0) is 86.8 Å². The van der Waals surface area contributed by atoms with Gasteiger partial charge < -0.3 is 24.1 Å². The Morgan fingerprint density at radius 3 is 2.46 bits per heavy atom. The third kappa shape index (κ3) is 9.13. The number of esters is 1. The molecule has 0 radical (unpaired) electrons. The molecule has 0 aliphatic carbocycles. The molecule has 1 heterocycles. The summed E-state index contributed by atoms with van der Waals surface area (Å²) in [5.41, 5.74) is 5.47. The fourth-order valence-corrected chi connectivity index (χ4v) is 5.17. The van der Waals surface area contributed by atoms with Crippen molar-refractivity contribution in [2.75, 3.05) is 20.3 Å². The van der Waals surface area contributed by atoms with E-state index >= 15 is 0 Å². The first-order chi connectivity index (χ1) is 21.9. The zero-order chi connectivity index (χ0) is 33.3. The largest absolute Gasteiger partial charge is 0.497 e. The fraction of sp³-hybridized carbons (Fsp3) is 0.382. The van der Waals surface area contributed by atoms with Crippen LogP contribution in [-0.4, -0.2) is 54.3 Å². The number of aliphatic imine (C=N–C) groups is 1. The average Bonchev–Trinajstić information content (AvgIpc) is 3.42. The van der Waals surface area contributed by atoms with Gasteiger partial charge in [0, 0.05) is 31.6 Å². The lowest BCUT2D eigenvalue weighted by Gasteiger charge is -2.31. The molecule has 2 atom stereocenters. The van der Waals surface area contributed by atoms with E-state index in [2.05, 4.69) is 10.9 Å². The maximum atomic E-state index is 14.3. The first kappa shape index (κ1) is 35.0. The lowest BCUT2D eigenvalue weighted by atomic mass is 9.83. The second-order valence-corrected chi connectivity index (χ2v) is 12.5. The van der Waals surface area contributed by atoms with Gasteiger partial charge in [-0.1, -0.05) is 41.4 Å². The lowest BCUT2D eigenvalue weighted by Crippen LogP contribution is -2.52. The van der Waals surface area contributed by atoms with E-state index in [9.17, 15) is 9.59 Å². The Morgan fingerprint density at radius 1 is 1.02 bits per heavy atom. The number of nitrogens with one attached hydrogen (secondary N) is 2. The summed E-state index contributed by atoms with van der Waals surface area (Å²) in [6.45, 7) is 5.99. The number of carbonyl (C=O) groups is 2. The summed E-state index contributed by atoms with van der Waals surface area (Å²) in [6.07, 6.45) is -0.535. The molecular formula is C34H39Cl2N3O7. The van der Waals surface area contributed by atoms with Crippen LogP contribution in [0.5, 0.6) is 11.5 Å². The number of hydrogen-bond acceptors (Lipinski definition) is 9. The predicted octanol–water partition coefficient (Wildman–Crippen LogP) is 5.96. The van der Waals surface area contributed by atoms with Crippen LogP contribution in [0, 0.1) is 0 Å². The summed E-state index contributed by atoms with van der Waals surface area (Å²) in [6, 6.07) is 19.4. The van der Waals surface area contributed by atoms with E-state index in [4.69, 9.17) is 52.2 Å². The van der Waals surface area contributed by atoms with Crippen LogP contribution in [0.2, 0.25) is 10.0 Å². The number of ether oxygens (including phenoxy) is 4. The third-order valence-corrected chi connectivity index (χ3v) is 7.77. The summed E-state index contributed by atoms with van der Waals surface area (Å²) >= 11 is 12.2. The van der Waals surface area contributed by atoms with Crippen LogP contribution in [-0.2, 0) is 25.6 Å². The molecule has 3 N–H and O–H groups in total. The van der Waals surface area contributed by atoms with Gasteiger partial charge in [-0.3, -0.25) is 15.0 Å². The van der Waals surface area contributed by atoms with E-state index < -0.39 is 29.1 Å². The van der Waals surface area contributed by atoms with Crippen molar-refractivity contribution >= 4 is 41.0 Å². The highest BCUT2D eigenvalue weighted by atomic mass is 35.5. The van der Waals surface area contributed by atoms with Crippen LogP contribution in [0.3, 0.4) is 0 Å². The highest BCUT2D eigenvalue weighted by Gasteiger charge is 2.53. The highest BCUT2D eigenvalue weighted by molar-refractivity contribution is 6.42. The van der Waals surface area contributed by atoms with Crippen molar-refractivity contribution in [2.24, 2.45) is 4.99 Å². The Kier molecular flexibility index (Phi) is 11.9. The number of halogens is 2. The van der Waals surface area contributed by atoms with Gasteiger partial charge in [0.25, 0.3) is 5.91 Å². The Hall–Kier alpha value is -3.83. The van der Waals surface area contributed by atoms with Crippen LogP contribution in [0.4, 0.5) is 0 Å². The van der Waals surface area contributed by atoms with Gasteiger partial charge >= 0.3 is 5.97 Å². The Labute approximate surface area is 279 Å². The number of aliphatic hydroxyl groups is 1. The van der Waals surface area contributed by atoms with Gasteiger partial charge in [-0.2, -0.15) is 0 Å². The second-order valence-electron chi connectivity index (χ2n) is 11.7. The molecular weight excluding hydrogens is 633 g/mol. The summed E-state index contributed by atoms with van der Waals surface area (Å²) in [5.74, 6) is 0.418. The molecule has 12 heteroatoms. The normalized spacial score (nSPS) is 17.5. The third-order valence-electron chi connectivity index (χ3n) is 7.04. The standard InChI is InChI=1S/C34H39Cl2N3O7/c1-33(2,3)46-29(41)15-16-34(32(42)39-37-21-22-9-14-27(35)28(36)19-22)30(24-7-5-8-26(20-24)43-4)45-31(38-34)23-10-12-25(13-11-23)44-18-6-17-40/h5,7-14,19-20,30,37,40H,6,15-18,21H2,1-4H3,(H,39,42)/t30-,34-/m0/s1. The van der Waals surface area contributed by atoms with Crippen molar-refractivity contribution in [2.45, 2.75) is 63.8 Å². The summed E-state index contributed by atoms with van der Waals surface area (Å²) in [5, 5.41) is 9.86. The molecule has 1 aliphatic rings. The minimum Gasteiger partial charge on any atom is -0.497 e. The van der Waals surface area contributed by atoms with Crippen molar-refractivity contribution in [3.63, 3.8) is 0 Å². The maximum absolute atomic E-state index is 14.3. The number of benzene rings is 3. The zero-order valence-electron chi connectivity index (χ0n) is 26.3. The monoisotopic (exact) mass is 671 g/mol. The molecule has 0 aromatic heterocycles. The van der Waals surface area contributed by atoms with Gasteiger partial charge in [-0.15, -0.1) is 0 Å². The molecule has 0 saturated heterocycles. The molecule has 0 unspecified atom stereocenters. The van der Waals surface area contributed by atoms with Crippen LogP contribution in [0.1, 0.15) is 62.8 Å². The van der Waals surface area contributed by atoms with Crippen LogP contribution in [0.25, 0.3) is 0 Å². The zero-order valence-corrected chi connectivity index (χ0v) is 27.8. The number of hydrogen-bond donors (Lipinski definition) is 3. The van der Waals surface area contributed by atoms with Crippen molar-refractivity contribution < 1.29 is 33.6 Å². The molecule has 0 fully saturated rings. The highest BCUT2D eigenvalue weighted by Crippen LogP contribution is 2.44. The van der Waals surface area contributed by atoms with E-state index in [-0.39, 0.29) is 31.9 Å². The Balaban J connectivity index is 1.70. The van der Waals surface area contributed by atoms with Gasteiger partial charge in [0.2, 0.25) is 5.90 Å². The Morgan fingerprint density at radius 2 is 1.78 bits per heavy atom. The van der Waals surface area contributed by atoms with E-state index in [0.29, 0.717) is 45.7 Å². The van der Waals surface area contributed by atoms with Gasteiger partial charge in [0.15, 0.2) is 11.6 Å². The molecule has 0 bridgehead atoms. The SMILES string of the molecule is COc1cccc([C@@H]2OC(c3ccc(OCCCO)cc3)=N[C@]2(CCC(=O)OC(C)(C)C)C(=O)NNCc2ccc(Cl)c(Cl)c2)c1. The molecule has 1 aliphatic heterocycles. The molecule has 46 heavy (non-hydrogen) atoms. The van der Waals surface area contributed by atoms with Crippen LogP contribution >= 0.6 is 23.2 Å². The molecule has 0 spiro atoms. The summed E-state index contributed by atoms with van der Waals surface area (Å²) < 4.78 is 23.2. The number of carbonyl (C=O) groups excluding carboxylic acids is 2. The van der Waals surface area contributed by atoms with Crippen LogP contribution < -0.4 is 20.3 Å². The van der Waals surface area contributed by atoms with Crippen molar-refractivity contribution in [3.05, 3.63) is 93.5 Å². The number of methoxy groups -OCH3 is 1. The minimum atomic E-state index is -1.58. The molecule has 3 aromatic carbocycles. The minimum absolute atomic E-state index is 0.0179. The summed E-state index contributed by atoms with van der Waals surface area (Å²) in [7, 11) is 1.55. The lowest BCUT2D eigenvalue weighted by molar-refractivity contribution is -0.155. The van der Waals surface area contributed by atoms with Gasteiger partial charge in [0.1, 0.15) is 17.1 Å². The van der Waals surface area contributed by atoms with Gasteiger partial charge in [0.05, 0.1) is 23.8 Å². The van der Waals surface area contributed by atoms with E-state index in [0.717, 1.165) is 5.56 Å². The number of amides is 1. The molecule has 1 amide bonds. The van der Waals surface area contributed by atoms with Crippen LogP contribution in [0.15, 0.2) is 71.7 Å². The first-order valence-electron chi connectivity index (χ1n) is 14.9. The van der Waals surface area contributed by atoms with Crippen molar-refractivity contribution in [3.8, 4) is 11.5 Å². The quantitative estimate of drug-likeness (QED) is 0.109. The molecule has 4 rings (SSSR count). The molecule has 246 valence electrons. The number of nitrogens with zero attached hydrogens (tertiary/aromatic N) is 1. The topological polar surface area (TPSA) is 128 Å². The van der Waals surface area contributed by atoms with Crippen molar-refractivity contribution in [1.82, 2.24) is 10.9 Å². The smallest absolute Gasteiger partial charge is 0.306 e. The molecule has 3 aromatic rings. The van der Waals surface area contributed by atoms with E-state index in [1.165, 1.54) is 0 Å². The number of aliphatic hydroxyl groups excluding tert-OH is 1. The van der Waals surface area contributed by atoms with E-state index in [1.54, 1.807) is 88.5 Å². The first-order valence-corrected chi connectivity index (χ1v) is 15.6. The Bertz CT molecular complexity index is 1540. The fourth-order valence-electron chi connectivity index (χ4n) is 4.84. The summed E-state index contributed by atoms with van der Waals surface area (Å²) in [4.78, 5) is 32.1. The molecule has 0 saturated carbocycles. The average molecular weight is 673 g/mol. The van der Waals surface area contributed by atoms with Crippen molar-refractivity contribution in [1.29, 1.82) is 0 Å². The maximum Gasteiger partial charge on any atom is 0.306 e. The van der Waals surface area contributed by atoms with Gasteiger partial charge in [-0.25, -0.2) is 10.4 Å². The second kappa shape index (κ2) is 15.6.